The molecule has 0 unspecified atom stereocenters. The monoisotopic (exact) mass is 792 g/mol. The van der Waals surface area contributed by atoms with Gasteiger partial charge < -0.3 is 9.13 Å². The molecule has 13 rings (SSSR count). The molecule has 0 aliphatic heterocycles. The fraction of sp³-hybridized carbons (Fsp3) is 0.100. The van der Waals surface area contributed by atoms with Crippen molar-refractivity contribution in [3.05, 3.63) is 216 Å². The lowest BCUT2D eigenvalue weighted by Crippen LogP contribution is -2.15. The number of hydrogen-bond acceptors (Lipinski definition) is 0. The van der Waals surface area contributed by atoms with E-state index in [2.05, 4.69) is 231 Å². The van der Waals surface area contributed by atoms with Gasteiger partial charge in [-0.1, -0.05) is 149 Å². The van der Waals surface area contributed by atoms with E-state index in [1.165, 1.54) is 122 Å². The zero-order chi connectivity index (χ0) is 41.5. The second kappa shape index (κ2) is 12.6. The molecule has 0 atom stereocenters. The van der Waals surface area contributed by atoms with E-state index < -0.39 is 0 Å². The van der Waals surface area contributed by atoms with Crippen molar-refractivity contribution in [3.8, 4) is 55.9 Å². The molecule has 0 saturated carbocycles. The predicted octanol–water partition coefficient (Wildman–Crippen LogP) is 15.8. The van der Waals surface area contributed by atoms with Gasteiger partial charge in [0.15, 0.2) is 0 Å². The first-order chi connectivity index (χ1) is 30.3. The Hall–Kier alpha value is -7.42. The third kappa shape index (κ3) is 4.81. The second-order valence-electron chi connectivity index (χ2n) is 18.6. The fourth-order valence-corrected chi connectivity index (χ4v) is 11.3. The summed E-state index contributed by atoms with van der Waals surface area (Å²) in [6.07, 6.45) is 0. The number of para-hydroxylation sites is 4. The van der Waals surface area contributed by atoms with E-state index in [1.807, 2.05) is 0 Å². The molecular formula is C60H44N2. The maximum Gasteiger partial charge on any atom is 0.0547 e. The Labute approximate surface area is 362 Å². The normalized spacial score (nSPS) is 14.4. The number of nitrogens with zero attached hydrogens (tertiary/aromatic N) is 2. The summed E-state index contributed by atoms with van der Waals surface area (Å²) in [4.78, 5) is 0. The minimum absolute atomic E-state index is 0.136. The summed E-state index contributed by atoms with van der Waals surface area (Å²) in [5.41, 5.74) is 23.0. The minimum Gasteiger partial charge on any atom is -0.309 e. The van der Waals surface area contributed by atoms with Gasteiger partial charge in [0.05, 0.1) is 22.1 Å². The Morgan fingerprint density at radius 1 is 0.274 bits per heavy atom. The molecule has 2 heterocycles. The maximum absolute atomic E-state index is 2.47. The van der Waals surface area contributed by atoms with Crippen LogP contribution in [0, 0.1) is 0 Å². The maximum atomic E-state index is 2.47. The molecule has 0 bridgehead atoms. The topological polar surface area (TPSA) is 9.86 Å². The van der Waals surface area contributed by atoms with E-state index in [0.717, 1.165) is 0 Å². The van der Waals surface area contributed by atoms with E-state index in [1.54, 1.807) is 0 Å². The fourth-order valence-electron chi connectivity index (χ4n) is 11.3. The molecule has 9 aromatic carbocycles. The van der Waals surface area contributed by atoms with Crippen LogP contribution in [0.1, 0.15) is 49.9 Å². The van der Waals surface area contributed by atoms with Gasteiger partial charge in [-0.05, 0) is 140 Å². The highest BCUT2D eigenvalue weighted by atomic mass is 15.0. The summed E-state index contributed by atoms with van der Waals surface area (Å²) in [7, 11) is 0. The van der Waals surface area contributed by atoms with E-state index >= 15 is 0 Å². The average Bonchev–Trinajstić information content (AvgIpc) is 3.96. The molecule has 2 nitrogen and oxygen atoms in total. The van der Waals surface area contributed by atoms with Gasteiger partial charge in [-0.25, -0.2) is 0 Å². The molecule has 0 saturated heterocycles. The number of benzene rings is 9. The van der Waals surface area contributed by atoms with Crippen molar-refractivity contribution in [2.24, 2.45) is 0 Å². The highest BCUT2D eigenvalue weighted by Gasteiger charge is 2.38. The molecule has 2 aliphatic carbocycles. The van der Waals surface area contributed by atoms with Gasteiger partial charge in [0.2, 0.25) is 0 Å². The lowest BCUT2D eigenvalue weighted by molar-refractivity contribution is 0.661. The van der Waals surface area contributed by atoms with Crippen LogP contribution < -0.4 is 0 Å². The molecule has 62 heavy (non-hydrogen) atoms. The first-order valence-corrected chi connectivity index (χ1v) is 21.9. The standard InChI is InChI=1S/C60H44N2/c1-59(2)51-31-39(27-29-43(51)47-35-57-49(33-53(47)59)45-19-11-13-21-55(45)61(57)41-15-7-5-8-16-41)37-23-25-38(26-24-37)40-28-30-44-48-36-58-50(34-54(48)60(3,4)52(44)32-40)46-20-12-14-22-56(46)62(58)42-17-9-6-10-18-42/h5-36H,1-4H3. The highest BCUT2D eigenvalue weighted by Crippen LogP contribution is 2.54. The van der Waals surface area contributed by atoms with Crippen molar-refractivity contribution in [1.29, 1.82) is 0 Å². The van der Waals surface area contributed by atoms with Crippen molar-refractivity contribution in [1.82, 2.24) is 9.13 Å². The van der Waals surface area contributed by atoms with Crippen molar-refractivity contribution < 1.29 is 0 Å². The van der Waals surface area contributed by atoms with Gasteiger partial charge in [0, 0.05) is 43.7 Å². The van der Waals surface area contributed by atoms with Crippen LogP contribution in [-0.4, -0.2) is 9.13 Å². The molecule has 0 radical (unpaired) electrons. The third-order valence-electron chi connectivity index (χ3n) is 14.5. The SMILES string of the molecule is CC1(C)c2cc(-c3ccc(-c4ccc5c(c4)C(C)(C)c4cc6c7ccccc7n(-c7ccccc7)c6cc4-5)cc3)ccc2-c2cc3c(cc21)c1ccccc1n3-c1ccccc1. The van der Waals surface area contributed by atoms with Crippen LogP contribution in [-0.2, 0) is 10.8 Å². The Kier molecular flexibility index (Phi) is 7.16. The largest absolute Gasteiger partial charge is 0.309 e. The van der Waals surface area contributed by atoms with Crippen LogP contribution in [0.5, 0.6) is 0 Å². The first-order valence-electron chi connectivity index (χ1n) is 21.9. The summed E-state index contributed by atoms with van der Waals surface area (Å²) < 4.78 is 4.85. The van der Waals surface area contributed by atoms with Crippen LogP contribution in [0.2, 0.25) is 0 Å². The number of hydrogen-bond donors (Lipinski definition) is 0. The number of rotatable bonds is 4. The molecule has 2 heteroatoms. The Morgan fingerprint density at radius 2 is 0.629 bits per heavy atom. The molecule has 0 N–H and O–H groups in total. The molecule has 11 aromatic rings. The Balaban J connectivity index is 0.860. The summed E-state index contributed by atoms with van der Waals surface area (Å²) in [5, 5.41) is 5.20. The van der Waals surface area contributed by atoms with Crippen LogP contribution in [0.15, 0.2) is 194 Å². The summed E-state index contributed by atoms with van der Waals surface area (Å²) in [6, 6.07) is 72.5. The molecule has 2 aromatic heterocycles. The third-order valence-corrected chi connectivity index (χ3v) is 14.5. The van der Waals surface area contributed by atoms with Crippen molar-refractivity contribution in [3.63, 3.8) is 0 Å². The van der Waals surface area contributed by atoms with E-state index in [4.69, 9.17) is 0 Å². The Bertz CT molecular complexity index is 3410. The van der Waals surface area contributed by atoms with Gasteiger partial charge in [0.25, 0.3) is 0 Å². The van der Waals surface area contributed by atoms with Crippen molar-refractivity contribution in [2.45, 2.75) is 38.5 Å². The number of aromatic nitrogens is 2. The first kappa shape index (κ1) is 35.3. The molecule has 0 amide bonds. The van der Waals surface area contributed by atoms with Gasteiger partial charge in [-0.2, -0.15) is 0 Å². The smallest absolute Gasteiger partial charge is 0.0547 e. The van der Waals surface area contributed by atoms with Crippen molar-refractivity contribution in [2.75, 3.05) is 0 Å². The molecule has 0 spiro atoms. The van der Waals surface area contributed by atoms with Crippen molar-refractivity contribution >= 4 is 43.6 Å². The lowest BCUT2D eigenvalue weighted by atomic mass is 9.81. The summed E-state index contributed by atoms with van der Waals surface area (Å²) in [5.74, 6) is 0. The van der Waals surface area contributed by atoms with E-state index in [0.29, 0.717) is 0 Å². The van der Waals surface area contributed by atoms with Crippen LogP contribution in [0.25, 0.3) is 99.5 Å². The van der Waals surface area contributed by atoms with Gasteiger partial charge in [-0.3, -0.25) is 0 Å². The zero-order valence-corrected chi connectivity index (χ0v) is 35.4. The van der Waals surface area contributed by atoms with Gasteiger partial charge >= 0.3 is 0 Å². The highest BCUT2D eigenvalue weighted by molar-refractivity contribution is 6.13. The molecule has 0 fully saturated rings. The Morgan fingerprint density at radius 3 is 1.05 bits per heavy atom. The predicted molar refractivity (Wildman–Crippen MR) is 261 cm³/mol. The van der Waals surface area contributed by atoms with Crippen LogP contribution >= 0.6 is 0 Å². The summed E-state index contributed by atoms with van der Waals surface area (Å²) >= 11 is 0. The van der Waals surface area contributed by atoms with E-state index in [9.17, 15) is 0 Å². The molecule has 2 aliphatic rings. The van der Waals surface area contributed by atoms with E-state index in [-0.39, 0.29) is 10.8 Å². The zero-order valence-electron chi connectivity index (χ0n) is 35.4. The van der Waals surface area contributed by atoms with Crippen LogP contribution in [0.3, 0.4) is 0 Å². The minimum atomic E-state index is -0.136. The van der Waals surface area contributed by atoms with Gasteiger partial charge in [-0.15, -0.1) is 0 Å². The van der Waals surface area contributed by atoms with Crippen LogP contribution in [0.4, 0.5) is 0 Å². The molecular weight excluding hydrogens is 749 g/mol. The quantitative estimate of drug-likeness (QED) is 0.168. The van der Waals surface area contributed by atoms with Gasteiger partial charge in [0.1, 0.15) is 0 Å². The lowest BCUT2D eigenvalue weighted by Gasteiger charge is -2.22. The number of fused-ring (bicyclic) bond motifs is 12. The average molecular weight is 793 g/mol. The molecule has 294 valence electrons. The summed E-state index contributed by atoms with van der Waals surface area (Å²) in [6.45, 7) is 9.58. The second-order valence-corrected chi connectivity index (χ2v) is 18.6.